The summed E-state index contributed by atoms with van der Waals surface area (Å²) in [6.07, 6.45) is 2.03. The molecule has 0 saturated carbocycles. The zero-order valence-corrected chi connectivity index (χ0v) is 9.44. The summed E-state index contributed by atoms with van der Waals surface area (Å²) in [7, 11) is 0. The summed E-state index contributed by atoms with van der Waals surface area (Å²) in [5, 5.41) is 9.54. The predicted octanol–water partition coefficient (Wildman–Crippen LogP) is 3.22. The fourth-order valence-corrected chi connectivity index (χ4v) is 1.51. The SMILES string of the molecule is CCC(C)(C)CC(C)(C)C(C)O. The van der Waals surface area contributed by atoms with Gasteiger partial charge in [-0.1, -0.05) is 41.0 Å². The summed E-state index contributed by atoms with van der Waals surface area (Å²) < 4.78 is 0. The van der Waals surface area contributed by atoms with Crippen LogP contribution in [0, 0.1) is 10.8 Å². The summed E-state index contributed by atoms with van der Waals surface area (Å²) in [5.41, 5.74) is 0.389. The third-order valence-corrected chi connectivity index (χ3v) is 3.02. The van der Waals surface area contributed by atoms with Crippen LogP contribution in [0.2, 0.25) is 0 Å². The molecule has 1 nitrogen and oxygen atoms in total. The topological polar surface area (TPSA) is 20.2 Å². The normalized spacial score (nSPS) is 16.2. The number of rotatable bonds is 4. The first kappa shape index (κ1) is 12.0. The van der Waals surface area contributed by atoms with Crippen molar-refractivity contribution >= 4 is 0 Å². The van der Waals surface area contributed by atoms with E-state index >= 15 is 0 Å². The molecule has 0 spiro atoms. The highest BCUT2D eigenvalue weighted by atomic mass is 16.3. The molecule has 0 aromatic heterocycles. The maximum atomic E-state index is 9.54. The molecule has 0 aliphatic carbocycles. The van der Waals surface area contributed by atoms with Crippen molar-refractivity contribution in [1.29, 1.82) is 0 Å². The van der Waals surface area contributed by atoms with Crippen LogP contribution in [0.3, 0.4) is 0 Å². The molecule has 1 unspecified atom stereocenters. The first-order valence-electron chi connectivity index (χ1n) is 4.89. The van der Waals surface area contributed by atoms with Crippen molar-refractivity contribution in [2.45, 2.75) is 60.5 Å². The number of hydrogen-bond donors (Lipinski definition) is 1. The van der Waals surface area contributed by atoms with Gasteiger partial charge in [-0.05, 0) is 24.2 Å². The average Bonchev–Trinajstić information content (AvgIpc) is 1.85. The largest absolute Gasteiger partial charge is 0.393 e. The number of aliphatic hydroxyl groups excluding tert-OH is 1. The van der Waals surface area contributed by atoms with Crippen LogP contribution >= 0.6 is 0 Å². The lowest BCUT2D eigenvalue weighted by Gasteiger charge is -2.36. The molecule has 0 bridgehead atoms. The van der Waals surface area contributed by atoms with E-state index in [2.05, 4.69) is 34.6 Å². The van der Waals surface area contributed by atoms with E-state index in [-0.39, 0.29) is 11.5 Å². The molecular weight excluding hydrogens is 148 g/mol. The Labute approximate surface area is 77.2 Å². The molecule has 0 aliphatic heterocycles. The van der Waals surface area contributed by atoms with Crippen molar-refractivity contribution in [3.63, 3.8) is 0 Å². The van der Waals surface area contributed by atoms with Gasteiger partial charge in [-0.3, -0.25) is 0 Å². The summed E-state index contributed by atoms with van der Waals surface area (Å²) >= 11 is 0. The van der Waals surface area contributed by atoms with Crippen LogP contribution in [0.4, 0.5) is 0 Å². The summed E-state index contributed by atoms with van der Waals surface area (Å²) in [6, 6.07) is 0. The molecule has 0 aliphatic rings. The van der Waals surface area contributed by atoms with Gasteiger partial charge in [-0.25, -0.2) is 0 Å². The molecular formula is C11H24O. The lowest BCUT2D eigenvalue weighted by Crippen LogP contribution is -2.31. The van der Waals surface area contributed by atoms with E-state index in [1.807, 2.05) is 6.92 Å². The minimum Gasteiger partial charge on any atom is -0.393 e. The highest BCUT2D eigenvalue weighted by Crippen LogP contribution is 2.37. The molecule has 12 heavy (non-hydrogen) atoms. The zero-order valence-electron chi connectivity index (χ0n) is 9.44. The van der Waals surface area contributed by atoms with Crippen molar-refractivity contribution in [1.82, 2.24) is 0 Å². The van der Waals surface area contributed by atoms with Gasteiger partial charge in [-0.2, -0.15) is 0 Å². The second kappa shape index (κ2) is 3.78. The lowest BCUT2D eigenvalue weighted by atomic mass is 9.71. The Balaban J connectivity index is 4.23. The second-order valence-corrected chi connectivity index (χ2v) is 5.36. The monoisotopic (exact) mass is 172 g/mol. The maximum Gasteiger partial charge on any atom is 0.0563 e. The number of aliphatic hydroxyl groups is 1. The summed E-state index contributed by atoms with van der Waals surface area (Å²) in [4.78, 5) is 0. The van der Waals surface area contributed by atoms with Gasteiger partial charge in [-0.15, -0.1) is 0 Å². The van der Waals surface area contributed by atoms with Crippen LogP contribution in [0.1, 0.15) is 54.4 Å². The first-order valence-corrected chi connectivity index (χ1v) is 4.89. The first-order chi connectivity index (χ1) is 5.21. The molecule has 0 aromatic carbocycles. The molecule has 0 amide bonds. The fourth-order valence-electron chi connectivity index (χ4n) is 1.51. The van der Waals surface area contributed by atoms with Crippen LogP contribution in [0.25, 0.3) is 0 Å². The lowest BCUT2D eigenvalue weighted by molar-refractivity contribution is 0.0297. The smallest absolute Gasteiger partial charge is 0.0563 e. The van der Waals surface area contributed by atoms with Gasteiger partial charge in [0, 0.05) is 0 Å². The van der Waals surface area contributed by atoms with Gasteiger partial charge in [0.05, 0.1) is 6.10 Å². The molecule has 1 atom stereocenters. The third-order valence-electron chi connectivity index (χ3n) is 3.02. The van der Waals surface area contributed by atoms with Crippen molar-refractivity contribution in [3.05, 3.63) is 0 Å². The second-order valence-electron chi connectivity index (χ2n) is 5.36. The Morgan fingerprint density at radius 3 is 1.83 bits per heavy atom. The Bertz CT molecular complexity index is 134. The molecule has 0 radical (unpaired) electrons. The van der Waals surface area contributed by atoms with Crippen molar-refractivity contribution in [3.8, 4) is 0 Å². The van der Waals surface area contributed by atoms with E-state index < -0.39 is 0 Å². The minimum absolute atomic E-state index is 0.0412. The standard InChI is InChI=1S/C11H24O/c1-7-10(3,4)8-11(5,6)9(2)12/h9,12H,7-8H2,1-6H3. The molecule has 0 rings (SSSR count). The predicted molar refractivity (Wildman–Crippen MR) is 54.2 cm³/mol. The molecule has 1 N–H and O–H groups in total. The van der Waals surface area contributed by atoms with Crippen LogP contribution in [-0.2, 0) is 0 Å². The summed E-state index contributed by atoms with van der Waals surface area (Å²) in [6.45, 7) is 12.9. The fraction of sp³-hybridized carbons (Fsp3) is 1.00. The van der Waals surface area contributed by atoms with Crippen LogP contribution < -0.4 is 0 Å². The summed E-state index contributed by atoms with van der Waals surface area (Å²) in [5.74, 6) is 0. The van der Waals surface area contributed by atoms with Crippen molar-refractivity contribution in [2.75, 3.05) is 0 Å². The van der Waals surface area contributed by atoms with Crippen molar-refractivity contribution in [2.24, 2.45) is 10.8 Å². The van der Waals surface area contributed by atoms with Gasteiger partial charge < -0.3 is 5.11 Å². The highest BCUT2D eigenvalue weighted by molar-refractivity contribution is 4.81. The van der Waals surface area contributed by atoms with E-state index in [0.29, 0.717) is 5.41 Å². The van der Waals surface area contributed by atoms with Crippen LogP contribution in [0.15, 0.2) is 0 Å². The van der Waals surface area contributed by atoms with Crippen LogP contribution in [0.5, 0.6) is 0 Å². The minimum atomic E-state index is -0.219. The van der Waals surface area contributed by atoms with Gasteiger partial charge in [0.15, 0.2) is 0 Å². The van der Waals surface area contributed by atoms with Crippen LogP contribution in [-0.4, -0.2) is 11.2 Å². The number of hydrogen-bond acceptors (Lipinski definition) is 1. The van der Waals surface area contributed by atoms with E-state index in [1.54, 1.807) is 0 Å². The molecule has 0 saturated heterocycles. The van der Waals surface area contributed by atoms with Gasteiger partial charge in [0.25, 0.3) is 0 Å². The molecule has 1 heteroatoms. The zero-order chi connectivity index (χ0) is 9.99. The Hall–Kier alpha value is -0.0400. The van der Waals surface area contributed by atoms with Gasteiger partial charge in [0.1, 0.15) is 0 Å². The van der Waals surface area contributed by atoms with E-state index in [1.165, 1.54) is 6.42 Å². The quantitative estimate of drug-likeness (QED) is 0.690. The third kappa shape index (κ3) is 3.57. The van der Waals surface area contributed by atoms with E-state index in [9.17, 15) is 5.11 Å². The average molecular weight is 172 g/mol. The van der Waals surface area contributed by atoms with E-state index in [4.69, 9.17) is 0 Å². The molecule has 0 aromatic rings. The Morgan fingerprint density at radius 1 is 1.17 bits per heavy atom. The highest BCUT2D eigenvalue weighted by Gasteiger charge is 2.31. The Morgan fingerprint density at radius 2 is 1.58 bits per heavy atom. The molecule has 0 heterocycles. The van der Waals surface area contributed by atoms with Gasteiger partial charge in [0.2, 0.25) is 0 Å². The van der Waals surface area contributed by atoms with Gasteiger partial charge >= 0.3 is 0 Å². The molecule has 74 valence electrons. The van der Waals surface area contributed by atoms with E-state index in [0.717, 1.165) is 6.42 Å². The van der Waals surface area contributed by atoms with Crippen molar-refractivity contribution < 1.29 is 5.11 Å². The molecule has 0 fully saturated rings. The Kier molecular flexibility index (Phi) is 3.77. The maximum absolute atomic E-state index is 9.54.